The Morgan fingerprint density at radius 3 is 2.10 bits per heavy atom. The van der Waals surface area contributed by atoms with Crippen LogP contribution in [0.5, 0.6) is 0 Å². The van der Waals surface area contributed by atoms with Crippen LogP contribution in [0.2, 0.25) is 0 Å². The number of amides is 1. The van der Waals surface area contributed by atoms with Crippen LogP contribution < -0.4 is 5.32 Å². The zero-order valence-corrected chi connectivity index (χ0v) is 16.7. The number of hydrogen-bond acceptors (Lipinski definition) is 3. The molecular weight excluding hydrogens is 364 g/mol. The van der Waals surface area contributed by atoms with Crippen molar-refractivity contribution in [1.29, 1.82) is 0 Å². The number of nitro groups is 1. The number of rotatable bonds is 4. The lowest BCUT2D eigenvalue weighted by Crippen LogP contribution is -2.48. The third kappa shape index (κ3) is 3.22. The third-order valence-electron chi connectivity index (χ3n) is 7.47. The van der Waals surface area contributed by atoms with E-state index in [4.69, 9.17) is 0 Å². The quantitative estimate of drug-likeness (QED) is 0.544. The van der Waals surface area contributed by atoms with Gasteiger partial charge >= 0.3 is 0 Å². The van der Waals surface area contributed by atoms with Gasteiger partial charge in [-0.15, -0.1) is 0 Å². The van der Waals surface area contributed by atoms with E-state index in [1.165, 1.54) is 68.4 Å². The van der Waals surface area contributed by atoms with Gasteiger partial charge in [-0.3, -0.25) is 14.9 Å². The second-order valence-electron chi connectivity index (χ2n) is 9.49. The number of benzene rings is 2. The Kier molecular flexibility index (Phi) is 4.23. The molecule has 0 radical (unpaired) electrons. The van der Waals surface area contributed by atoms with Crippen molar-refractivity contribution in [2.24, 2.45) is 17.8 Å². The molecular formula is C24H26N2O3. The predicted molar refractivity (Wildman–Crippen MR) is 112 cm³/mol. The van der Waals surface area contributed by atoms with Gasteiger partial charge in [0.25, 0.3) is 11.6 Å². The van der Waals surface area contributed by atoms with E-state index in [-0.39, 0.29) is 11.6 Å². The highest BCUT2D eigenvalue weighted by molar-refractivity contribution is 6.04. The Bertz CT molecular complexity index is 945. The van der Waals surface area contributed by atoms with Gasteiger partial charge in [0.05, 0.1) is 4.92 Å². The molecule has 0 spiro atoms. The molecule has 4 aliphatic rings. The fraction of sp³-hybridized carbons (Fsp3) is 0.458. The van der Waals surface area contributed by atoms with Crippen molar-refractivity contribution < 1.29 is 9.72 Å². The standard InChI is InChI=1S/C24H26N2O3/c1-15-8-20(24-12-16-9-17(13-24)11-18(10-16)14-24)4-7-22(15)25-23(27)19-2-5-21(6-3-19)26(28)29/h2-8,16-18H,9-14H2,1H3,(H,25,27). The van der Waals surface area contributed by atoms with Crippen LogP contribution in [0.25, 0.3) is 0 Å². The molecule has 2 aromatic carbocycles. The molecule has 4 fully saturated rings. The molecule has 0 heterocycles. The second-order valence-corrected chi connectivity index (χ2v) is 9.49. The topological polar surface area (TPSA) is 72.2 Å². The fourth-order valence-electron chi connectivity index (χ4n) is 6.53. The highest BCUT2D eigenvalue weighted by Gasteiger charge is 2.51. The Morgan fingerprint density at radius 2 is 1.59 bits per heavy atom. The number of carbonyl (C=O) groups is 1. The van der Waals surface area contributed by atoms with Crippen LogP contribution in [0.4, 0.5) is 11.4 Å². The van der Waals surface area contributed by atoms with Crippen molar-refractivity contribution in [3.05, 3.63) is 69.3 Å². The van der Waals surface area contributed by atoms with Gasteiger partial charge in [-0.05, 0) is 97.9 Å². The summed E-state index contributed by atoms with van der Waals surface area (Å²) in [5.41, 5.74) is 4.08. The lowest BCUT2D eigenvalue weighted by atomic mass is 9.48. The highest BCUT2D eigenvalue weighted by Crippen LogP contribution is 2.60. The molecule has 5 nitrogen and oxygen atoms in total. The number of aryl methyl sites for hydroxylation is 1. The molecule has 4 aliphatic carbocycles. The van der Waals surface area contributed by atoms with Crippen LogP contribution in [0.15, 0.2) is 42.5 Å². The molecule has 1 N–H and O–H groups in total. The third-order valence-corrected chi connectivity index (χ3v) is 7.47. The summed E-state index contributed by atoms with van der Waals surface area (Å²) >= 11 is 0. The van der Waals surface area contributed by atoms with E-state index in [0.29, 0.717) is 11.0 Å². The summed E-state index contributed by atoms with van der Waals surface area (Å²) in [6.45, 7) is 2.05. The fourth-order valence-corrected chi connectivity index (χ4v) is 6.53. The van der Waals surface area contributed by atoms with Crippen LogP contribution in [0, 0.1) is 34.8 Å². The Morgan fingerprint density at radius 1 is 1.00 bits per heavy atom. The molecule has 29 heavy (non-hydrogen) atoms. The monoisotopic (exact) mass is 390 g/mol. The zero-order valence-electron chi connectivity index (χ0n) is 16.7. The molecule has 2 aromatic rings. The molecule has 0 unspecified atom stereocenters. The van der Waals surface area contributed by atoms with Gasteiger partial charge in [0.2, 0.25) is 0 Å². The number of nitro benzene ring substituents is 1. The highest BCUT2D eigenvalue weighted by atomic mass is 16.6. The Hall–Kier alpha value is -2.69. The number of carbonyl (C=O) groups excluding carboxylic acids is 1. The lowest BCUT2D eigenvalue weighted by Gasteiger charge is -2.57. The molecule has 4 bridgehead atoms. The largest absolute Gasteiger partial charge is 0.322 e. The maximum Gasteiger partial charge on any atom is 0.269 e. The molecule has 4 saturated carbocycles. The van der Waals surface area contributed by atoms with E-state index in [9.17, 15) is 14.9 Å². The first-order valence-corrected chi connectivity index (χ1v) is 10.6. The maximum absolute atomic E-state index is 12.6. The van der Waals surface area contributed by atoms with Crippen molar-refractivity contribution >= 4 is 17.3 Å². The Balaban J connectivity index is 1.35. The Labute approximate surface area is 170 Å². The first-order valence-electron chi connectivity index (χ1n) is 10.6. The minimum absolute atomic E-state index is 0.0161. The SMILES string of the molecule is Cc1cc(C23CC4CC(CC(C4)C2)C3)ccc1NC(=O)c1ccc([N+](=O)[O-])cc1. The normalized spacial score (nSPS) is 29.6. The maximum atomic E-state index is 12.6. The minimum Gasteiger partial charge on any atom is -0.322 e. The van der Waals surface area contributed by atoms with Gasteiger partial charge in [-0.2, -0.15) is 0 Å². The summed E-state index contributed by atoms with van der Waals surface area (Å²) in [6, 6.07) is 12.2. The van der Waals surface area contributed by atoms with Gasteiger partial charge < -0.3 is 5.32 Å². The number of anilines is 1. The van der Waals surface area contributed by atoms with Crippen LogP contribution >= 0.6 is 0 Å². The second kappa shape index (κ2) is 6.68. The average molecular weight is 390 g/mol. The lowest BCUT2D eigenvalue weighted by molar-refractivity contribution is -0.384. The van der Waals surface area contributed by atoms with Crippen molar-refractivity contribution in [2.75, 3.05) is 5.32 Å². The molecule has 150 valence electrons. The number of nitrogens with zero attached hydrogens (tertiary/aromatic N) is 1. The van der Waals surface area contributed by atoms with E-state index >= 15 is 0 Å². The van der Waals surface area contributed by atoms with Crippen LogP contribution in [0.3, 0.4) is 0 Å². The van der Waals surface area contributed by atoms with Crippen molar-refractivity contribution in [2.45, 2.75) is 50.9 Å². The summed E-state index contributed by atoms with van der Waals surface area (Å²) in [6.07, 6.45) is 8.28. The molecule has 6 rings (SSSR count). The molecule has 0 atom stereocenters. The number of nitrogens with one attached hydrogen (secondary N) is 1. The van der Waals surface area contributed by atoms with Gasteiger partial charge in [-0.1, -0.05) is 12.1 Å². The molecule has 0 aliphatic heterocycles. The molecule has 5 heteroatoms. The molecule has 1 amide bonds. The zero-order chi connectivity index (χ0) is 20.2. The van der Waals surface area contributed by atoms with Crippen molar-refractivity contribution in [3.63, 3.8) is 0 Å². The van der Waals surface area contributed by atoms with E-state index in [1.807, 2.05) is 6.07 Å². The summed E-state index contributed by atoms with van der Waals surface area (Å²) in [5.74, 6) is 2.47. The van der Waals surface area contributed by atoms with Gasteiger partial charge in [0, 0.05) is 23.4 Å². The summed E-state index contributed by atoms with van der Waals surface area (Å²) in [5, 5.41) is 13.8. The van der Waals surface area contributed by atoms with Crippen molar-refractivity contribution in [3.8, 4) is 0 Å². The van der Waals surface area contributed by atoms with Gasteiger partial charge in [0.15, 0.2) is 0 Å². The van der Waals surface area contributed by atoms with Crippen LogP contribution in [0.1, 0.15) is 60.0 Å². The van der Waals surface area contributed by atoms with E-state index < -0.39 is 4.92 Å². The smallest absolute Gasteiger partial charge is 0.269 e. The first-order chi connectivity index (χ1) is 13.9. The minimum atomic E-state index is -0.463. The summed E-state index contributed by atoms with van der Waals surface area (Å²) in [7, 11) is 0. The van der Waals surface area contributed by atoms with E-state index in [1.54, 1.807) is 0 Å². The van der Waals surface area contributed by atoms with Gasteiger partial charge in [-0.25, -0.2) is 0 Å². The van der Waals surface area contributed by atoms with Gasteiger partial charge in [0.1, 0.15) is 0 Å². The first kappa shape index (κ1) is 18.3. The van der Waals surface area contributed by atoms with Crippen LogP contribution in [-0.4, -0.2) is 10.8 Å². The number of hydrogen-bond donors (Lipinski definition) is 1. The van der Waals surface area contributed by atoms with Crippen LogP contribution in [-0.2, 0) is 5.41 Å². The average Bonchev–Trinajstić information content (AvgIpc) is 2.68. The molecule has 0 aromatic heterocycles. The van der Waals surface area contributed by atoms with E-state index in [2.05, 4.69) is 24.4 Å². The predicted octanol–water partition coefficient (Wildman–Crippen LogP) is 5.62. The van der Waals surface area contributed by atoms with Crippen molar-refractivity contribution in [1.82, 2.24) is 0 Å². The molecule has 0 saturated heterocycles. The summed E-state index contributed by atoms with van der Waals surface area (Å²) < 4.78 is 0. The number of non-ortho nitro benzene ring substituents is 1. The summed E-state index contributed by atoms with van der Waals surface area (Å²) in [4.78, 5) is 22.9. The van der Waals surface area contributed by atoms with E-state index in [0.717, 1.165) is 29.0 Å².